The lowest BCUT2D eigenvalue weighted by atomic mass is 9.74. The number of hydrogen-bond acceptors (Lipinski definition) is 6. The second-order valence-corrected chi connectivity index (χ2v) is 10.7. The summed E-state index contributed by atoms with van der Waals surface area (Å²) in [5, 5.41) is 12.3. The highest BCUT2D eigenvalue weighted by atomic mass is 32.2. The molecule has 4 aliphatic rings. The molecule has 2 aromatic carbocycles. The molecule has 10 heteroatoms. The van der Waals surface area contributed by atoms with Crippen molar-refractivity contribution in [1.82, 2.24) is 9.58 Å². The number of benzene rings is 2. The lowest BCUT2D eigenvalue weighted by molar-refractivity contribution is -0.150. The Bertz CT molecular complexity index is 1670. The van der Waals surface area contributed by atoms with Crippen molar-refractivity contribution in [3.8, 4) is 5.75 Å². The second kappa shape index (κ2) is 8.06. The summed E-state index contributed by atoms with van der Waals surface area (Å²) in [4.78, 5) is 28.0. The molecule has 0 unspecified atom stereocenters. The molecule has 2 saturated heterocycles. The van der Waals surface area contributed by atoms with Crippen LogP contribution >= 0.6 is 11.8 Å². The van der Waals surface area contributed by atoms with Gasteiger partial charge in [0.25, 0.3) is 5.91 Å². The van der Waals surface area contributed by atoms with Crippen LogP contribution in [0.25, 0.3) is 0 Å². The van der Waals surface area contributed by atoms with Gasteiger partial charge in [0.1, 0.15) is 6.17 Å². The Balaban J connectivity index is 1.59. The Kier molecular flexibility index (Phi) is 4.29. The van der Waals surface area contributed by atoms with E-state index in [0.29, 0.717) is 42.7 Å². The molecule has 0 radical (unpaired) electrons. The van der Waals surface area contributed by atoms with Gasteiger partial charge in [0.15, 0.2) is 23.1 Å². The fraction of sp³-hybridized carbons (Fsp3) is 0.333. The lowest BCUT2D eigenvalue weighted by Crippen LogP contribution is -2.68. The van der Waals surface area contributed by atoms with Crippen LogP contribution in [0.15, 0.2) is 58.4 Å². The van der Waals surface area contributed by atoms with Crippen LogP contribution in [0.1, 0.15) is 50.2 Å². The fourth-order valence-corrected chi connectivity index (χ4v) is 6.58. The molecule has 7 rings (SSSR count). The molecule has 1 spiro atoms. The minimum atomic E-state index is -2.46. The molecule has 1 N–H and O–H groups in total. The molecule has 37 heavy (non-hydrogen) atoms. The van der Waals surface area contributed by atoms with Crippen LogP contribution in [0.5, 0.6) is 5.75 Å². The van der Waals surface area contributed by atoms with Gasteiger partial charge in [-0.25, -0.2) is 8.78 Å². The van der Waals surface area contributed by atoms with E-state index in [1.807, 2.05) is 0 Å². The summed E-state index contributed by atoms with van der Waals surface area (Å²) in [7, 11) is 0. The van der Waals surface area contributed by atoms with Gasteiger partial charge in [-0.05, 0) is 36.1 Å². The summed E-state index contributed by atoms with van der Waals surface area (Å²) in [5.41, 5.74) is -4.36. The second-order valence-electron chi connectivity index (χ2n) is 9.83. The van der Waals surface area contributed by atoms with Crippen LogP contribution in [-0.2, 0) is 10.4 Å². The van der Waals surface area contributed by atoms with Gasteiger partial charge in [0.05, 0.1) is 20.6 Å². The first-order chi connectivity index (χ1) is 19.0. The number of amides is 1. The van der Waals surface area contributed by atoms with Crippen molar-refractivity contribution in [2.24, 2.45) is 5.41 Å². The average molecular weight is 527 g/mol. The fourth-order valence-electron chi connectivity index (χ4n) is 5.74. The van der Waals surface area contributed by atoms with Crippen LogP contribution in [0.4, 0.5) is 8.78 Å². The third kappa shape index (κ3) is 3.21. The number of piperidine rings is 1. The molecule has 2 fully saturated rings. The third-order valence-electron chi connectivity index (χ3n) is 7.69. The third-order valence-corrected chi connectivity index (χ3v) is 8.57. The molecule has 5 heterocycles. The molecular formula is C27H23F2N3O4S. The van der Waals surface area contributed by atoms with Crippen molar-refractivity contribution in [1.29, 1.82) is 0 Å². The molecule has 4 aliphatic heterocycles. The number of fused-ring (bicyclic) bond motifs is 4. The standard InChI is InChI=1S/C27H23F2N3O4S/c28-18-6-5-15-17(22(18)29)12-37-20-4-2-1-3-16(20)23(15)32-21-11-27(13-36-14-27)8-10-30(21)26(35)24-25(34)19(33)7-9-31(24)32/h1-7,9,21,23,34H,8,10-14H2/t21-,23-/m1/s1/i12D2,23D. The van der Waals surface area contributed by atoms with Gasteiger partial charge < -0.3 is 14.7 Å². The average Bonchev–Trinajstić information content (AvgIpc) is 2.97. The van der Waals surface area contributed by atoms with Gasteiger partial charge in [-0.15, -0.1) is 11.8 Å². The van der Waals surface area contributed by atoms with Crippen molar-refractivity contribution in [3.63, 3.8) is 0 Å². The minimum absolute atomic E-state index is 0.156. The summed E-state index contributed by atoms with van der Waals surface area (Å²) < 4.78 is 64.8. The summed E-state index contributed by atoms with van der Waals surface area (Å²) in [6.45, 7) is 1.17. The predicted molar refractivity (Wildman–Crippen MR) is 132 cm³/mol. The smallest absolute Gasteiger partial charge is 0.278 e. The molecule has 3 aromatic rings. The maximum absolute atomic E-state index is 15.6. The highest BCUT2D eigenvalue weighted by Crippen LogP contribution is 2.49. The van der Waals surface area contributed by atoms with E-state index in [9.17, 15) is 20.5 Å². The zero-order chi connectivity index (χ0) is 28.2. The first-order valence-corrected chi connectivity index (χ1v) is 12.7. The van der Waals surface area contributed by atoms with Gasteiger partial charge in [-0.2, -0.15) is 0 Å². The van der Waals surface area contributed by atoms with Crippen LogP contribution in [0.2, 0.25) is 0 Å². The number of hydrogen-bond donors (Lipinski definition) is 1. The Hall–Kier alpha value is -3.37. The summed E-state index contributed by atoms with van der Waals surface area (Å²) in [6, 6.07) is 7.57. The number of thioether (sulfide) groups is 1. The van der Waals surface area contributed by atoms with Crippen molar-refractivity contribution < 1.29 is 27.5 Å². The maximum Gasteiger partial charge on any atom is 0.278 e. The van der Waals surface area contributed by atoms with Crippen LogP contribution in [0.3, 0.4) is 0 Å². The van der Waals surface area contributed by atoms with Crippen LogP contribution in [0, 0.1) is 17.0 Å². The van der Waals surface area contributed by atoms with Gasteiger partial charge >= 0.3 is 0 Å². The van der Waals surface area contributed by atoms with E-state index in [0.717, 1.165) is 12.1 Å². The zero-order valence-electron chi connectivity index (χ0n) is 22.4. The molecule has 1 amide bonds. The number of aromatic nitrogens is 1. The molecule has 0 aliphatic carbocycles. The van der Waals surface area contributed by atoms with Gasteiger partial charge in [-0.1, -0.05) is 24.3 Å². The molecule has 1 aromatic heterocycles. The Labute approximate surface area is 219 Å². The predicted octanol–water partition coefficient (Wildman–Crippen LogP) is 3.76. The van der Waals surface area contributed by atoms with Gasteiger partial charge in [0.2, 0.25) is 5.43 Å². The number of nitrogens with zero attached hydrogens (tertiary/aromatic N) is 3. The first-order valence-electron chi connectivity index (χ1n) is 13.4. The Morgan fingerprint density at radius 3 is 2.73 bits per heavy atom. The largest absolute Gasteiger partial charge is 0.502 e. The monoisotopic (exact) mass is 526 g/mol. The molecule has 2 atom stereocenters. The van der Waals surface area contributed by atoms with Crippen molar-refractivity contribution in [2.75, 3.05) is 24.8 Å². The number of halogens is 2. The number of ether oxygens (including phenoxy) is 1. The van der Waals surface area contributed by atoms with Gasteiger partial charge in [0, 0.05) is 43.1 Å². The quantitative estimate of drug-likeness (QED) is 0.521. The van der Waals surface area contributed by atoms with E-state index >= 15 is 4.39 Å². The van der Waals surface area contributed by atoms with E-state index in [1.165, 1.54) is 26.8 Å². The van der Waals surface area contributed by atoms with Crippen LogP contribution in [-0.4, -0.2) is 46.5 Å². The van der Waals surface area contributed by atoms with Gasteiger partial charge in [-0.3, -0.25) is 19.3 Å². The molecule has 0 bridgehead atoms. The number of carbonyl (C=O) groups excluding carboxylic acids is 1. The van der Waals surface area contributed by atoms with E-state index in [2.05, 4.69) is 0 Å². The normalized spacial score (nSPS) is 28.0. The molecular weight excluding hydrogens is 500 g/mol. The lowest BCUT2D eigenvalue weighted by Gasteiger charge is -2.57. The molecule has 7 nitrogen and oxygen atoms in total. The summed E-state index contributed by atoms with van der Waals surface area (Å²) >= 11 is 0.670. The summed E-state index contributed by atoms with van der Waals surface area (Å²) in [6.07, 6.45) is 1.45. The number of pyridine rings is 1. The van der Waals surface area contributed by atoms with E-state index in [-0.39, 0.29) is 28.8 Å². The van der Waals surface area contributed by atoms with E-state index in [4.69, 9.17) is 7.48 Å². The van der Waals surface area contributed by atoms with Crippen LogP contribution < -0.4 is 10.4 Å². The molecule has 190 valence electrons. The zero-order valence-corrected chi connectivity index (χ0v) is 20.2. The number of aromatic hydroxyl groups is 1. The highest BCUT2D eigenvalue weighted by molar-refractivity contribution is 7.98. The number of rotatable bonds is 1. The Morgan fingerprint density at radius 2 is 1.95 bits per heavy atom. The minimum Gasteiger partial charge on any atom is -0.502 e. The number of carbonyl (C=O) groups is 1. The van der Waals surface area contributed by atoms with Crippen molar-refractivity contribution in [2.45, 2.75) is 35.6 Å². The summed E-state index contributed by atoms with van der Waals surface area (Å²) in [5.74, 6) is -4.03. The first kappa shape index (κ1) is 19.7. The highest BCUT2D eigenvalue weighted by Gasteiger charge is 2.53. The Morgan fingerprint density at radius 1 is 1.14 bits per heavy atom. The SMILES string of the molecule is [2H]C1([2H])Sc2ccccc2[C@]([2H])(N2[C@@H]3CC4(CCN3C(=O)c3c(O)c(=O)ccn32)COC4)c2ccc(F)c(F)c21. The van der Waals surface area contributed by atoms with Crippen molar-refractivity contribution >= 4 is 17.7 Å². The van der Waals surface area contributed by atoms with E-state index in [1.54, 1.807) is 24.3 Å². The van der Waals surface area contributed by atoms with E-state index < -0.39 is 52.2 Å². The van der Waals surface area contributed by atoms with Crippen molar-refractivity contribution in [3.05, 3.63) is 92.9 Å². The molecule has 0 saturated carbocycles. The maximum atomic E-state index is 15.6. The topological polar surface area (TPSA) is 75.0 Å².